The first kappa shape index (κ1) is 22.5. The summed E-state index contributed by atoms with van der Waals surface area (Å²) < 4.78 is 39.4. The number of hydrogen-bond acceptors (Lipinski definition) is 6. The van der Waals surface area contributed by atoms with E-state index in [4.69, 9.17) is 9.47 Å². The maximum atomic E-state index is 13.1. The van der Waals surface area contributed by atoms with E-state index in [9.17, 15) is 18.0 Å². The summed E-state index contributed by atoms with van der Waals surface area (Å²) in [4.78, 5) is 24.8. The standard InChI is InChI=1S/C24H22N2O6S/c1-17-7-5-6-10-22(17)32-19-11-13-20(14-12-19)33(29,30)25-21(18-8-3-2-4-9-18)15-26-23(27)16-31-24(26)28/h2-14,21,25H,15-16H2,1H3. The van der Waals surface area contributed by atoms with Crippen LogP contribution >= 0.6 is 0 Å². The van der Waals surface area contributed by atoms with Crippen LogP contribution in [-0.4, -0.2) is 38.5 Å². The van der Waals surface area contributed by atoms with Gasteiger partial charge in [0, 0.05) is 0 Å². The van der Waals surface area contributed by atoms with Gasteiger partial charge < -0.3 is 9.47 Å². The van der Waals surface area contributed by atoms with Crippen molar-refractivity contribution in [1.82, 2.24) is 9.62 Å². The SMILES string of the molecule is Cc1ccccc1Oc1ccc(S(=O)(=O)NC(CN2C(=O)COC2=O)c2ccccc2)cc1. The highest BCUT2D eigenvalue weighted by molar-refractivity contribution is 7.89. The molecular formula is C24H22N2O6S. The number of ether oxygens (including phenoxy) is 2. The Morgan fingerprint density at radius 1 is 0.970 bits per heavy atom. The average Bonchev–Trinajstić information content (AvgIpc) is 3.13. The summed E-state index contributed by atoms with van der Waals surface area (Å²) in [6.07, 6.45) is -0.794. The Kier molecular flexibility index (Phi) is 6.43. The summed E-state index contributed by atoms with van der Waals surface area (Å²) in [6.45, 7) is 1.38. The lowest BCUT2D eigenvalue weighted by Gasteiger charge is -2.22. The van der Waals surface area contributed by atoms with E-state index < -0.39 is 28.1 Å². The van der Waals surface area contributed by atoms with Gasteiger partial charge in [-0.15, -0.1) is 0 Å². The lowest BCUT2D eigenvalue weighted by atomic mass is 10.1. The molecule has 0 saturated carbocycles. The molecule has 9 heteroatoms. The fourth-order valence-electron chi connectivity index (χ4n) is 3.38. The van der Waals surface area contributed by atoms with Gasteiger partial charge in [0.15, 0.2) is 6.61 Å². The minimum atomic E-state index is -3.98. The zero-order valence-corrected chi connectivity index (χ0v) is 18.6. The summed E-state index contributed by atoms with van der Waals surface area (Å²) in [7, 11) is -3.98. The van der Waals surface area contributed by atoms with E-state index in [2.05, 4.69) is 4.72 Å². The molecule has 1 aliphatic heterocycles. The van der Waals surface area contributed by atoms with Crippen molar-refractivity contribution in [3.05, 3.63) is 90.0 Å². The summed E-state index contributed by atoms with van der Waals surface area (Å²) in [5, 5.41) is 0. The smallest absolute Gasteiger partial charge is 0.417 e. The van der Waals surface area contributed by atoms with Gasteiger partial charge in [0.2, 0.25) is 10.0 Å². The molecule has 1 N–H and O–H groups in total. The first-order valence-electron chi connectivity index (χ1n) is 10.2. The van der Waals surface area contributed by atoms with E-state index in [1.807, 2.05) is 31.2 Å². The molecule has 0 aliphatic carbocycles. The van der Waals surface area contributed by atoms with Crippen molar-refractivity contribution >= 4 is 22.0 Å². The van der Waals surface area contributed by atoms with Crippen molar-refractivity contribution in [3.8, 4) is 11.5 Å². The van der Waals surface area contributed by atoms with Crippen LogP contribution in [0.4, 0.5) is 4.79 Å². The van der Waals surface area contributed by atoms with Crippen molar-refractivity contribution in [2.75, 3.05) is 13.2 Å². The molecule has 1 aliphatic rings. The van der Waals surface area contributed by atoms with Crippen molar-refractivity contribution < 1.29 is 27.5 Å². The van der Waals surface area contributed by atoms with Crippen LogP contribution in [0.5, 0.6) is 11.5 Å². The second-order valence-electron chi connectivity index (χ2n) is 7.48. The van der Waals surface area contributed by atoms with Crippen LogP contribution < -0.4 is 9.46 Å². The van der Waals surface area contributed by atoms with E-state index in [0.29, 0.717) is 17.1 Å². The van der Waals surface area contributed by atoms with Crippen LogP contribution in [-0.2, 0) is 19.6 Å². The third-order valence-corrected chi connectivity index (χ3v) is 6.65. The topological polar surface area (TPSA) is 102 Å². The van der Waals surface area contributed by atoms with Crippen LogP contribution in [0.3, 0.4) is 0 Å². The Morgan fingerprint density at radius 3 is 2.27 bits per heavy atom. The lowest BCUT2D eigenvalue weighted by molar-refractivity contribution is -0.126. The number of hydrogen-bond donors (Lipinski definition) is 1. The number of cyclic esters (lactones) is 1. The van der Waals surface area contributed by atoms with E-state index in [0.717, 1.165) is 10.5 Å². The zero-order chi connectivity index (χ0) is 23.4. The molecule has 0 radical (unpaired) electrons. The summed E-state index contributed by atoms with van der Waals surface area (Å²) in [6, 6.07) is 21.4. The van der Waals surface area contributed by atoms with Gasteiger partial charge in [-0.1, -0.05) is 48.5 Å². The van der Waals surface area contributed by atoms with E-state index in [1.54, 1.807) is 42.5 Å². The number of para-hydroxylation sites is 1. The molecule has 3 aromatic rings. The Bertz CT molecular complexity index is 1240. The number of nitrogens with zero attached hydrogens (tertiary/aromatic N) is 1. The van der Waals surface area contributed by atoms with Gasteiger partial charge in [-0.2, -0.15) is 0 Å². The molecule has 1 saturated heterocycles. The fraction of sp³-hybridized carbons (Fsp3) is 0.167. The lowest BCUT2D eigenvalue weighted by Crippen LogP contribution is -2.40. The van der Waals surface area contributed by atoms with Crippen LogP contribution in [0.2, 0.25) is 0 Å². The monoisotopic (exact) mass is 466 g/mol. The predicted octanol–water partition coefficient (Wildman–Crippen LogP) is 3.79. The number of benzene rings is 3. The third-order valence-electron chi connectivity index (χ3n) is 5.16. The summed E-state index contributed by atoms with van der Waals surface area (Å²) in [5.41, 5.74) is 1.56. The van der Waals surface area contributed by atoms with Gasteiger partial charge in [-0.05, 0) is 48.4 Å². The molecule has 170 valence electrons. The predicted molar refractivity (Wildman–Crippen MR) is 120 cm³/mol. The van der Waals surface area contributed by atoms with Gasteiger partial charge in [-0.25, -0.2) is 22.8 Å². The summed E-state index contributed by atoms with van der Waals surface area (Å²) in [5.74, 6) is 0.656. The first-order valence-corrected chi connectivity index (χ1v) is 11.7. The number of aryl methyl sites for hydroxylation is 1. The van der Waals surface area contributed by atoms with Gasteiger partial charge in [0.1, 0.15) is 11.5 Å². The number of carbonyl (C=O) groups is 2. The molecule has 1 unspecified atom stereocenters. The van der Waals surface area contributed by atoms with Crippen molar-refractivity contribution in [3.63, 3.8) is 0 Å². The van der Waals surface area contributed by atoms with Crippen LogP contribution in [0, 0.1) is 6.92 Å². The highest BCUT2D eigenvalue weighted by Crippen LogP contribution is 2.26. The molecule has 1 heterocycles. The van der Waals surface area contributed by atoms with Gasteiger partial charge in [0.25, 0.3) is 5.91 Å². The first-order chi connectivity index (χ1) is 15.8. The number of rotatable bonds is 8. The van der Waals surface area contributed by atoms with Gasteiger partial charge >= 0.3 is 6.09 Å². The number of imide groups is 1. The van der Waals surface area contributed by atoms with Crippen LogP contribution in [0.25, 0.3) is 0 Å². The fourth-order valence-corrected chi connectivity index (χ4v) is 4.59. The van der Waals surface area contributed by atoms with Gasteiger partial charge in [-0.3, -0.25) is 4.79 Å². The minimum absolute atomic E-state index is 0.0240. The van der Waals surface area contributed by atoms with E-state index >= 15 is 0 Å². The van der Waals surface area contributed by atoms with Gasteiger partial charge in [0.05, 0.1) is 17.5 Å². The molecule has 3 aromatic carbocycles. The molecule has 4 rings (SSSR count). The minimum Gasteiger partial charge on any atom is -0.457 e. The average molecular weight is 467 g/mol. The molecule has 1 fully saturated rings. The highest BCUT2D eigenvalue weighted by Gasteiger charge is 2.34. The maximum Gasteiger partial charge on any atom is 0.417 e. The Morgan fingerprint density at radius 2 is 1.64 bits per heavy atom. The quantitative estimate of drug-likeness (QED) is 0.542. The second kappa shape index (κ2) is 9.43. The van der Waals surface area contributed by atoms with E-state index in [-0.39, 0.29) is 18.0 Å². The number of nitrogens with one attached hydrogen (secondary N) is 1. The summed E-state index contributed by atoms with van der Waals surface area (Å²) >= 11 is 0. The Balaban J connectivity index is 1.54. The second-order valence-corrected chi connectivity index (χ2v) is 9.20. The van der Waals surface area contributed by atoms with Crippen LogP contribution in [0.1, 0.15) is 17.2 Å². The number of carbonyl (C=O) groups excluding carboxylic acids is 2. The highest BCUT2D eigenvalue weighted by atomic mass is 32.2. The van der Waals surface area contributed by atoms with E-state index in [1.165, 1.54) is 12.1 Å². The molecule has 0 spiro atoms. The molecule has 8 nitrogen and oxygen atoms in total. The number of sulfonamides is 1. The largest absolute Gasteiger partial charge is 0.457 e. The molecular weight excluding hydrogens is 444 g/mol. The normalized spacial score (nSPS) is 14.8. The van der Waals surface area contributed by atoms with Crippen LogP contribution in [0.15, 0.2) is 83.8 Å². The van der Waals surface area contributed by atoms with Crippen molar-refractivity contribution in [1.29, 1.82) is 0 Å². The Labute approximate surface area is 191 Å². The van der Waals surface area contributed by atoms with Crippen molar-refractivity contribution in [2.45, 2.75) is 17.9 Å². The third kappa shape index (κ3) is 5.21. The molecule has 1 atom stereocenters. The maximum absolute atomic E-state index is 13.1. The number of amides is 2. The zero-order valence-electron chi connectivity index (χ0n) is 17.8. The molecule has 2 amide bonds. The Hall–Kier alpha value is -3.69. The molecule has 0 bridgehead atoms. The van der Waals surface area contributed by atoms with Crippen molar-refractivity contribution in [2.24, 2.45) is 0 Å². The molecule has 0 aromatic heterocycles. The molecule has 33 heavy (non-hydrogen) atoms.